The number of aromatic nitrogens is 11. The average Bonchev–Trinajstić information content (AvgIpc) is 0.981. The van der Waals surface area contributed by atoms with Crippen LogP contribution in [-0.2, 0) is 26.2 Å². The van der Waals surface area contributed by atoms with Crippen LogP contribution in [0.25, 0.3) is 92.2 Å². The van der Waals surface area contributed by atoms with Crippen molar-refractivity contribution < 1.29 is 71.0 Å². The molecule has 30 nitrogen and oxygen atoms in total. The van der Waals surface area contributed by atoms with E-state index >= 15 is 0 Å². The number of methoxy groups -OCH3 is 10. The minimum absolute atomic E-state index is 0.200. The minimum Gasteiger partial charge on any atom is -0.497 e. The van der Waals surface area contributed by atoms with Crippen molar-refractivity contribution in [3.05, 3.63) is 315 Å². The number of furan rings is 1. The summed E-state index contributed by atoms with van der Waals surface area (Å²) in [6.07, 6.45) is 26.7. The van der Waals surface area contributed by atoms with Gasteiger partial charge in [-0.05, 0) is 167 Å². The highest BCUT2D eigenvalue weighted by Crippen LogP contribution is 2.39. The molecular weight excluding hydrogens is 1620 g/mol. The van der Waals surface area contributed by atoms with Gasteiger partial charge in [-0.25, -0.2) is 0 Å². The van der Waals surface area contributed by atoms with Crippen LogP contribution in [0.3, 0.4) is 0 Å². The molecule has 644 valence electrons. The van der Waals surface area contributed by atoms with Crippen molar-refractivity contribution in [3.63, 3.8) is 0 Å². The zero-order valence-electron chi connectivity index (χ0n) is 71.1. The highest BCUT2D eigenvalue weighted by molar-refractivity contribution is 6.09. The molecule has 0 atom stereocenters. The molecule has 7 aromatic heterocycles. The van der Waals surface area contributed by atoms with Gasteiger partial charge in [0.15, 0.2) is 23.0 Å². The molecule has 0 saturated heterocycles. The maximum atomic E-state index is 12.9. The highest BCUT2D eigenvalue weighted by atomic mass is 16.5. The van der Waals surface area contributed by atoms with Gasteiger partial charge in [-0.3, -0.25) is 54.5 Å². The Morgan fingerprint density at radius 3 is 1.03 bits per heavy atom. The van der Waals surface area contributed by atoms with E-state index in [1.807, 2.05) is 182 Å². The van der Waals surface area contributed by atoms with Crippen LogP contribution in [0.15, 0.2) is 230 Å². The van der Waals surface area contributed by atoms with Gasteiger partial charge in [-0.15, -0.1) is 0 Å². The Morgan fingerprint density at radius 1 is 0.323 bits per heavy atom. The molecule has 0 aliphatic heterocycles. The van der Waals surface area contributed by atoms with E-state index in [-0.39, 0.29) is 30.2 Å². The average molecular weight is 1710 g/mol. The number of carbonyl (C=O) groups is 4. The van der Waals surface area contributed by atoms with Gasteiger partial charge < -0.3 is 73.1 Å². The number of carbonyl (C=O) groups excluding carboxylic acids is 4. The fraction of sp³-hybridized carbons (Fsp3) is 0.144. The van der Waals surface area contributed by atoms with Crippen LogP contribution in [-0.4, -0.2) is 150 Å². The summed E-state index contributed by atoms with van der Waals surface area (Å²) < 4.78 is 59.3. The number of fused-ring (bicyclic) bond motifs is 4. The molecule has 0 bridgehead atoms. The number of aromatic amines is 4. The predicted molar refractivity (Wildman–Crippen MR) is 487 cm³/mol. The van der Waals surface area contributed by atoms with E-state index < -0.39 is 0 Å². The molecule has 0 fully saturated rings. The summed E-state index contributed by atoms with van der Waals surface area (Å²) in [7, 11) is 15.8. The topological polar surface area (TPSA) is 375 Å². The third-order valence-electron chi connectivity index (χ3n) is 20.0. The quantitative estimate of drug-likeness (QED) is 0.0207. The van der Waals surface area contributed by atoms with Gasteiger partial charge in [-0.1, -0.05) is 97.1 Å². The van der Waals surface area contributed by atoms with Crippen LogP contribution in [0.2, 0.25) is 0 Å². The molecule has 9 aromatic carbocycles. The van der Waals surface area contributed by atoms with E-state index in [0.717, 1.165) is 94.7 Å². The molecular formula is C97H91N15O15. The summed E-state index contributed by atoms with van der Waals surface area (Å²) in [6.45, 7) is 1.43. The van der Waals surface area contributed by atoms with Gasteiger partial charge >= 0.3 is 0 Å². The Labute approximate surface area is 730 Å². The molecule has 30 heteroatoms. The van der Waals surface area contributed by atoms with Crippen LogP contribution in [0.1, 0.15) is 109 Å². The first kappa shape index (κ1) is 88.0. The van der Waals surface area contributed by atoms with Crippen LogP contribution in [0.4, 0.5) is 0 Å². The number of hydrogen-bond acceptors (Lipinski definition) is 22. The molecule has 16 rings (SSSR count). The van der Waals surface area contributed by atoms with Crippen LogP contribution in [0, 0.1) is 0 Å². The Bertz CT molecular complexity index is 6370. The lowest BCUT2D eigenvalue weighted by molar-refractivity contribution is 0.0939. The first-order valence-electron chi connectivity index (χ1n) is 39.6. The maximum absolute atomic E-state index is 12.9. The van der Waals surface area contributed by atoms with Crippen molar-refractivity contribution in [1.29, 1.82) is 0 Å². The number of ether oxygens (including phenoxy) is 10. The van der Waals surface area contributed by atoms with Crippen molar-refractivity contribution in [1.82, 2.24) is 77.0 Å². The molecule has 0 spiro atoms. The van der Waals surface area contributed by atoms with Crippen molar-refractivity contribution in [2.45, 2.75) is 26.2 Å². The first-order valence-corrected chi connectivity index (χ1v) is 39.6. The number of nitrogens with one attached hydrogen (secondary N) is 8. The summed E-state index contributed by atoms with van der Waals surface area (Å²) >= 11 is 0. The molecule has 16 aromatic rings. The molecule has 0 aliphatic rings. The van der Waals surface area contributed by atoms with Crippen molar-refractivity contribution in [3.8, 4) is 57.5 Å². The number of benzene rings is 9. The van der Waals surface area contributed by atoms with Crippen molar-refractivity contribution in [2.24, 2.45) is 0 Å². The number of nitrogens with zero attached hydrogens (tertiary/aromatic N) is 7. The second kappa shape index (κ2) is 43.1. The van der Waals surface area contributed by atoms with E-state index in [0.29, 0.717) is 116 Å². The number of pyridine rings is 1. The fourth-order valence-electron chi connectivity index (χ4n) is 13.5. The summed E-state index contributed by atoms with van der Waals surface area (Å²) in [5.74, 6) is 5.08. The standard InChI is InChI=1S/C25H23N3O3.C24H23N5O4.C24H22N4O3.C24H23N3O5/c1-30-19-11-8-17(9-12-19)10-14-21-23-22(28-27-21)15-13-20(24(23)31-2)25(29)26-16-18-6-4-3-5-7-18;1-31-20-9-5-15(12-21(20)32-2)4-7-18-22-19(29-28-18)8-6-17(23(22)33-3)24(30)27-14-16-13-25-10-11-26-16;1-30-18-8-5-16(6-9-18)7-11-20-22-21(28-27-20)12-10-19(23(22)31-2)24(29)26-15-17-4-3-13-25-14-17;1-29-20-9-5-15(12-21(20)30-2)4-7-18-22-19(27-26-18)8-6-17(23(22)31-3)24(28)25-13-16-10-11-32-14-16/h3-15H,16H2,1-2H3,(H,26,29)(H,27,28);4-13H,14H2,1-3H3,(H,27,30)(H,28,29);3-14H,15H2,1-2H3,(H,26,29)(H,27,28);4-12,14H,13H2,1-3H3,(H,25,28)(H,26,27)/b14-10+;7-4+;11-7+;7-4+. The van der Waals surface area contributed by atoms with Gasteiger partial charge in [0.05, 0.1) is 191 Å². The summed E-state index contributed by atoms with van der Waals surface area (Å²) in [6, 6.07) is 56.1. The lowest BCUT2D eigenvalue weighted by Gasteiger charge is -2.11. The summed E-state index contributed by atoms with van der Waals surface area (Å²) in [4.78, 5) is 63.6. The minimum atomic E-state index is -0.282. The number of amides is 4. The molecule has 7 heterocycles. The third-order valence-corrected chi connectivity index (χ3v) is 20.0. The summed E-state index contributed by atoms with van der Waals surface area (Å²) in [5.41, 5.74) is 14.8. The van der Waals surface area contributed by atoms with Crippen molar-refractivity contribution >= 4 is 116 Å². The highest BCUT2D eigenvalue weighted by Gasteiger charge is 2.24. The summed E-state index contributed by atoms with van der Waals surface area (Å²) in [5, 5.41) is 44.0. The largest absolute Gasteiger partial charge is 0.497 e. The Balaban J connectivity index is 0.000000145. The Kier molecular flexibility index (Phi) is 29.9. The van der Waals surface area contributed by atoms with E-state index in [2.05, 4.69) is 77.0 Å². The number of hydrogen-bond donors (Lipinski definition) is 8. The molecule has 0 unspecified atom stereocenters. The van der Waals surface area contributed by atoms with Crippen LogP contribution >= 0.6 is 0 Å². The zero-order chi connectivity index (χ0) is 89.0. The maximum Gasteiger partial charge on any atom is 0.255 e. The van der Waals surface area contributed by atoms with Crippen LogP contribution in [0.5, 0.6) is 57.5 Å². The number of rotatable bonds is 30. The second-order valence-corrected chi connectivity index (χ2v) is 27.7. The predicted octanol–water partition coefficient (Wildman–Crippen LogP) is 16.5. The molecule has 4 amide bonds. The first-order chi connectivity index (χ1) is 62.2. The molecule has 127 heavy (non-hydrogen) atoms. The van der Waals surface area contributed by atoms with Crippen LogP contribution < -0.4 is 68.6 Å². The molecule has 8 N–H and O–H groups in total. The van der Waals surface area contributed by atoms with Crippen molar-refractivity contribution in [2.75, 3.05) is 71.1 Å². The van der Waals surface area contributed by atoms with Gasteiger partial charge in [0.25, 0.3) is 23.6 Å². The third kappa shape index (κ3) is 21.8. The molecule has 0 aliphatic carbocycles. The van der Waals surface area contributed by atoms with E-state index in [1.54, 1.807) is 149 Å². The molecule has 0 radical (unpaired) electrons. The van der Waals surface area contributed by atoms with E-state index in [9.17, 15) is 19.2 Å². The lowest BCUT2D eigenvalue weighted by atomic mass is 10.1. The van der Waals surface area contributed by atoms with Gasteiger partial charge in [0, 0.05) is 50.0 Å². The van der Waals surface area contributed by atoms with Gasteiger partial charge in [0.1, 0.15) is 34.5 Å². The number of H-pyrrole nitrogens is 4. The monoisotopic (exact) mass is 1710 g/mol. The van der Waals surface area contributed by atoms with Gasteiger partial charge in [0.2, 0.25) is 0 Å². The fourth-order valence-corrected chi connectivity index (χ4v) is 13.5. The SMILES string of the molecule is COc1ccc(/C=C/c2[nH]nc3ccc(C(=O)NCc4ccccc4)c(OC)c23)cc1.COc1ccc(/C=C/c2[nH]nc3ccc(C(=O)NCc4cccnc4)c(OC)c23)cc1.COc1ccc(/C=C/c2[nH]nc3ccc(C(=O)NCc4ccoc4)c(OC)c23)cc1OC.COc1ccc(/C=C/c2[nH]nc3ccc(C(=O)NCc4cnccn4)c(OC)c23)cc1OC. The Hall–Kier alpha value is -16.8. The smallest absolute Gasteiger partial charge is 0.255 e. The zero-order valence-corrected chi connectivity index (χ0v) is 71.1. The normalized spacial score (nSPS) is 11.0. The molecule has 0 saturated carbocycles. The lowest BCUT2D eigenvalue weighted by Crippen LogP contribution is -2.24. The van der Waals surface area contributed by atoms with E-state index in [4.69, 9.17) is 51.8 Å². The van der Waals surface area contributed by atoms with Gasteiger partial charge in [-0.2, -0.15) is 20.4 Å². The Morgan fingerprint density at radius 2 is 0.685 bits per heavy atom. The second-order valence-electron chi connectivity index (χ2n) is 27.7. The van der Waals surface area contributed by atoms with E-state index in [1.165, 1.54) is 14.2 Å².